The van der Waals surface area contributed by atoms with Crippen molar-refractivity contribution in [3.63, 3.8) is 0 Å². The van der Waals surface area contributed by atoms with Crippen LogP contribution in [0.4, 0.5) is 5.13 Å². The summed E-state index contributed by atoms with van der Waals surface area (Å²) in [5, 5.41) is 15.1. The summed E-state index contributed by atoms with van der Waals surface area (Å²) in [4.78, 5) is 5.41. The van der Waals surface area contributed by atoms with Crippen LogP contribution < -0.4 is 5.43 Å². The summed E-state index contributed by atoms with van der Waals surface area (Å²) in [6.45, 7) is 3.92. The molecule has 0 amide bonds. The maximum absolute atomic E-state index is 9.74. The van der Waals surface area contributed by atoms with Gasteiger partial charge in [0.15, 0.2) is 0 Å². The summed E-state index contributed by atoms with van der Waals surface area (Å²) in [7, 11) is 0. The van der Waals surface area contributed by atoms with Crippen LogP contribution in [0.3, 0.4) is 0 Å². The lowest BCUT2D eigenvalue weighted by Crippen LogP contribution is -1.91. The Bertz CT molecular complexity index is 621. The third-order valence-electron chi connectivity index (χ3n) is 2.45. The standard InChI is InChI=1S/C12H11Cl2N3OS/c1-6-7(2)19-12(16-6)17-15-5-8-3-9(13)4-10(14)11(8)18/h3-5,18H,1-2H3,(H,16,17). The molecule has 0 bridgehead atoms. The zero-order chi connectivity index (χ0) is 14.0. The van der Waals surface area contributed by atoms with E-state index in [-0.39, 0.29) is 10.8 Å². The molecule has 100 valence electrons. The number of thiazole rings is 1. The number of nitrogens with zero attached hydrogens (tertiary/aromatic N) is 2. The van der Waals surface area contributed by atoms with Gasteiger partial charge in [-0.2, -0.15) is 5.10 Å². The molecule has 1 aromatic carbocycles. The number of nitrogens with one attached hydrogen (secondary N) is 1. The van der Waals surface area contributed by atoms with Gasteiger partial charge in [0.05, 0.1) is 16.9 Å². The molecule has 2 rings (SSSR count). The van der Waals surface area contributed by atoms with Crippen LogP contribution in [0.2, 0.25) is 10.0 Å². The topological polar surface area (TPSA) is 57.5 Å². The number of phenols is 1. The van der Waals surface area contributed by atoms with Gasteiger partial charge in [0.2, 0.25) is 5.13 Å². The van der Waals surface area contributed by atoms with E-state index in [1.54, 1.807) is 6.07 Å². The van der Waals surface area contributed by atoms with Crippen LogP contribution in [0.1, 0.15) is 16.1 Å². The van der Waals surface area contributed by atoms with Gasteiger partial charge >= 0.3 is 0 Å². The van der Waals surface area contributed by atoms with Gasteiger partial charge in [-0.3, -0.25) is 5.43 Å². The summed E-state index contributed by atoms with van der Waals surface area (Å²) < 4.78 is 0. The lowest BCUT2D eigenvalue weighted by Gasteiger charge is -2.02. The van der Waals surface area contributed by atoms with E-state index in [9.17, 15) is 5.11 Å². The van der Waals surface area contributed by atoms with E-state index < -0.39 is 0 Å². The highest BCUT2D eigenvalue weighted by Crippen LogP contribution is 2.30. The first-order chi connectivity index (χ1) is 8.97. The fourth-order valence-electron chi connectivity index (χ4n) is 1.36. The molecule has 7 heteroatoms. The van der Waals surface area contributed by atoms with Crippen LogP contribution in [0.15, 0.2) is 17.2 Å². The van der Waals surface area contributed by atoms with Gasteiger partial charge in [-0.1, -0.05) is 23.2 Å². The van der Waals surface area contributed by atoms with Crippen molar-refractivity contribution in [1.29, 1.82) is 0 Å². The first kappa shape index (κ1) is 14.1. The molecule has 19 heavy (non-hydrogen) atoms. The SMILES string of the molecule is Cc1nc(NN=Cc2cc(Cl)cc(Cl)c2O)sc1C. The van der Waals surface area contributed by atoms with E-state index in [1.807, 2.05) is 13.8 Å². The number of phenolic OH excluding ortho intramolecular Hbond substituents is 1. The molecule has 0 spiro atoms. The van der Waals surface area contributed by atoms with Crippen molar-refractivity contribution >= 4 is 45.9 Å². The highest BCUT2D eigenvalue weighted by molar-refractivity contribution is 7.15. The van der Waals surface area contributed by atoms with Gasteiger partial charge in [-0.15, -0.1) is 11.3 Å². The van der Waals surface area contributed by atoms with Crippen LogP contribution in [-0.4, -0.2) is 16.3 Å². The zero-order valence-electron chi connectivity index (χ0n) is 10.2. The average molecular weight is 316 g/mol. The van der Waals surface area contributed by atoms with Crippen molar-refractivity contribution in [2.45, 2.75) is 13.8 Å². The molecule has 0 aliphatic carbocycles. The molecule has 4 nitrogen and oxygen atoms in total. The molecule has 0 saturated heterocycles. The fraction of sp³-hybridized carbons (Fsp3) is 0.167. The Morgan fingerprint density at radius 2 is 2.11 bits per heavy atom. The van der Waals surface area contributed by atoms with Gasteiger partial charge in [-0.25, -0.2) is 4.98 Å². The van der Waals surface area contributed by atoms with Crippen LogP contribution in [-0.2, 0) is 0 Å². The normalized spacial score (nSPS) is 11.2. The Morgan fingerprint density at radius 1 is 1.37 bits per heavy atom. The number of hydrazone groups is 1. The third-order valence-corrected chi connectivity index (χ3v) is 3.93. The van der Waals surface area contributed by atoms with Crippen LogP contribution in [0.25, 0.3) is 0 Å². The maximum Gasteiger partial charge on any atom is 0.203 e. The van der Waals surface area contributed by atoms with Crippen molar-refractivity contribution < 1.29 is 5.11 Å². The van der Waals surface area contributed by atoms with Crippen LogP contribution in [0, 0.1) is 13.8 Å². The predicted octanol–water partition coefficient (Wildman–Crippen LogP) is 4.22. The van der Waals surface area contributed by atoms with E-state index in [2.05, 4.69) is 15.5 Å². The second-order valence-corrected chi connectivity index (χ2v) is 5.90. The minimum atomic E-state index is -0.0527. The highest BCUT2D eigenvalue weighted by Gasteiger charge is 2.06. The molecular formula is C12H11Cl2N3OS. The van der Waals surface area contributed by atoms with E-state index in [0.717, 1.165) is 10.6 Å². The average Bonchev–Trinajstić information content (AvgIpc) is 2.65. The number of aryl methyl sites for hydroxylation is 2. The smallest absolute Gasteiger partial charge is 0.203 e. The molecule has 0 aliphatic rings. The second kappa shape index (κ2) is 5.77. The number of hydrogen-bond donors (Lipinski definition) is 2. The van der Waals surface area contributed by atoms with Crippen LogP contribution >= 0.6 is 34.5 Å². The van der Waals surface area contributed by atoms with E-state index in [0.29, 0.717) is 15.7 Å². The van der Waals surface area contributed by atoms with E-state index in [4.69, 9.17) is 23.2 Å². The van der Waals surface area contributed by atoms with Gasteiger partial charge in [0.25, 0.3) is 0 Å². The number of aromatic nitrogens is 1. The number of anilines is 1. The molecule has 0 aliphatic heterocycles. The molecule has 0 radical (unpaired) electrons. The molecule has 1 aromatic heterocycles. The molecule has 2 N–H and O–H groups in total. The third kappa shape index (κ3) is 3.37. The molecule has 1 heterocycles. The van der Waals surface area contributed by atoms with E-state index >= 15 is 0 Å². The Balaban J connectivity index is 2.15. The summed E-state index contributed by atoms with van der Waals surface area (Å²) in [6.07, 6.45) is 1.44. The van der Waals surface area contributed by atoms with Crippen molar-refractivity contribution in [2.24, 2.45) is 5.10 Å². The summed E-state index contributed by atoms with van der Waals surface area (Å²) >= 11 is 13.2. The number of hydrogen-bond acceptors (Lipinski definition) is 5. The maximum atomic E-state index is 9.74. The van der Waals surface area contributed by atoms with Crippen molar-refractivity contribution in [1.82, 2.24) is 4.98 Å². The van der Waals surface area contributed by atoms with Gasteiger partial charge in [-0.05, 0) is 26.0 Å². The van der Waals surface area contributed by atoms with Crippen molar-refractivity contribution in [2.75, 3.05) is 5.43 Å². The molecule has 0 fully saturated rings. The molecule has 0 unspecified atom stereocenters. The number of rotatable bonds is 3. The molecule has 0 atom stereocenters. The fourth-order valence-corrected chi connectivity index (χ4v) is 2.64. The number of halogens is 2. The summed E-state index contributed by atoms with van der Waals surface area (Å²) in [5.41, 5.74) is 4.21. The quantitative estimate of drug-likeness (QED) is 0.658. The minimum absolute atomic E-state index is 0.0527. The first-order valence-electron chi connectivity index (χ1n) is 5.38. The predicted molar refractivity (Wildman–Crippen MR) is 80.9 cm³/mol. The Morgan fingerprint density at radius 3 is 2.74 bits per heavy atom. The van der Waals surface area contributed by atoms with Crippen molar-refractivity contribution in [3.8, 4) is 5.75 Å². The second-order valence-electron chi connectivity index (χ2n) is 3.86. The van der Waals surface area contributed by atoms with Gasteiger partial charge in [0, 0.05) is 15.5 Å². The van der Waals surface area contributed by atoms with Gasteiger partial charge < -0.3 is 5.11 Å². The Labute approximate surface area is 124 Å². The van der Waals surface area contributed by atoms with Gasteiger partial charge in [0.1, 0.15) is 5.75 Å². The molecule has 2 aromatic rings. The van der Waals surface area contributed by atoms with Crippen molar-refractivity contribution in [3.05, 3.63) is 38.3 Å². The lowest BCUT2D eigenvalue weighted by atomic mass is 10.2. The summed E-state index contributed by atoms with van der Waals surface area (Å²) in [6, 6.07) is 3.04. The van der Waals surface area contributed by atoms with E-state index in [1.165, 1.54) is 23.6 Å². The number of aromatic hydroxyl groups is 1. The molecular weight excluding hydrogens is 305 g/mol. The lowest BCUT2D eigenvalue weighted by molar-refractivity contribution is 0.475. The largest absolute Gasteiger partial charge is 0.506 e. The first-order valence-corrected chi connectivity index (χ1v) is 6.95. The summed E-state index contributed by atoms with van der Waals surface area (Å²) in [5.74, 6) is -0.0527. The Kier molecular flexibility index (Phi) is 4.29. The zero-order valence-corrected chi connectivity index (χ0v) is 12.6. The highest BCUT2D eigenvalue weighted by atomic mass is 35.5. The minimum Gasteiger partial charge on any atom is -0.506 e. The van der Waals surface area contributed by atoms with Crippen LogP contribution in [0.5, 0.6) is 5.75 Å². The Hall–Kier alpha value is -1.30. The monoisotopic (exact) mass is 315 g/mol. The molecule has 0 saturated carbocycles. The number of benzene rings is 1.